The lowest BCUT2D eigenvalue weighted by Gasteiger charge is -2.21. The lowest BCUT2D eigenvalue weighted by atomic mass is 9.90. The van der Waals surface area contributed by atoms with E-state index in [-0.39, 0.29) is 5.41 Å². The van der Waals surface area contributed by atoms with Gasteiger partial charge >= 0.3 is 0 Å². The third-order valence-electron chi connectivity index (χ3n) is 2.60. The van der Waals surface area contributed by atoms with E-state index >= 15 is 0 Å². The van der Waals surface area contributed by atoms with Gasteiger partial charge in [0.05, 0.1) is 5.69 Å². The first-order chi connectivity index (χ1) is 7.02. The van der Waals surface area contributed by atoms with E-state index in [9.17, 15) is 0 Å². The molecule has 0 unspecified atom stereocenters. The topological polar surface area (TPSA) is 17.8 Å². The lowest BCUT2D eigenvalue weighted by Crippen LogP contribution is -2.19. The predicted molar refractivity (Wildman–Crippen MR) is 65.5 cm³/mol. The summed E-state index contributed by atoms with van der Waals surface area (Å²) in [5.74, 6) is 0.684. The number of alkyl halides is 1. The molecule has 0 spiro atoms. The Bertz CT molecular complexity index is 315. The second kappa shape index (κ2) is 5.02. The highest BCUT2D eigenvalue weighted by atomic mass is 35.5. The number of hydrogen-bond donors (Lipinski definition) is 0. The van der Waals surface area contributed by atoms with Crippen molar-refractivity contribution in [3.63, 3.8) is 0 Å². The molecule has 1 aromatic rings. The molecule has 0 fully saturated rings. The molecule has 3 heteroatoms. The Labute approximate surface area is 97.6 Å². The van der Waals surface area contributed by atoms with Gasteiger partial charge in [-0.15, -0.1) is 11.6 Å². The van der Waals surface area contributed by atoms with Crippen molar-refractivity contribution in [2.45, 2.75) is 47.1 Å². The summed E-state index contributed by atoms with van der Waals surface area (Å²) in [5.41, 5.74) is 2.64. The van der Waals surface area contributed by atoms with Crippen molar-refractivity contribution in [2.75, 3.05) is 5.88 Å². The summed E-state index contributed by atoms with van der Waals surface area (Å²) in [4.78, 5) is 0. The Morgan fingerprint density at radius 1 is 1.40 bits per heavy atom. The van der Waals surface area contributed by atoms with Crippen LogP contribution in [0.1, 0.15) is 39.1 Å². The minimum absolute atomic E-state index is 0.152. The summed E-state index contributed by atoms with van der Waals surface area (Å²) in [7, 11) is 0. The maximum absolute atomic E-state index is 5.95. The zero-order valence-electron chi connectivity index (χ0n) is 10.2. The SMILES string of the molecule is CCc1cc(CC(C)(C)CCl)n(CC)n1. The molecule has 0 amide bonds. The first-order valence-electron chi connectivity index (χ1n) is 5.64. The number of aromatic nitrogens is 2. The molecule has 0 N–H and O–H groups in total. The fourth-order valence-corrected chi connectivity index (χ4v) is 1.74. The predicted octanol–water partition coefficient (Wildman–Crippen LogP) is 3.27. The molecule has 0 atom stereocenters. The molecule has 2 nitrogen and oxygen atoms in total. The van der Waals surface area contributed by atoms with Crippen LogP contribution in [0.25, 0.3) is 0 Å². The van der Waals surface area contributed by atoms with Crippen LogP contribution in [0.2, 0.25) is 0 Å². The van der Waals surface area contributed by atoms with Crippen molar-refractivity contribution in [3.05, 3.63) is 17.5 Å². The first-order valence-corrected chi connectivity index (χ1v) is 6.17. The van der Waals surface area contributed by atoms with Crippen molar-refractivity contribution in [3.8, 4) is 0 Å². The van der Waals surface area contributed by atoms with Gasteiger partial charge in [-0.1, -0.05) is 20.8 Å². The number of hydrogen-bond acceptors (Lipinski definition) is 1. The summed E-state index contributed by atoms with van der Waals surface area (Å²) in [5, 5.41) is 4.54. The highest BCUT2D eigenvalue weighted by Crippen LogP contribution is 2.23. The van der Waals surface area contributed by atoms with E-state index < -0.39 is 0 Å². The normalized spacial score (nSPS) is 12.1. The molecule has 0 radical (unpaired) electrons. The molecule has 1 heterocycles. The molecule has 0 aliphatic carbocycles. The lowest BCUT2D eigenvalue weighted by molar-refractivity contribution is 0.400. The summed E-state index contributed by atoms with van der Waals surface area (Å²) in [6, 6.07) is 2.21. The molecule has 0 bridgehead atoms. The van der Waals surface area contributed by atoms with Gasteiger partial charge in [0.15, 0.2) is 0 Å². The smallest absolute Gasteiger partial charge is 0.0624 e. The molecule has 1 aromatic heterocycles. The van der Waals surface area contributed by atoms with E-state index in [1.54, 1.807) is 0 Å². The zero-order chi connectivity index (χ0) is 11.5. The fraction of sp³-hybridized carbons (Fsp3) is 0.750. The Kier molecular flexibility index (Phi) is 4.21. The van der Waals surface area contributed by atoms with Gasteiger partial charge in [0, 0.05) is 18.1 Å². The van der Waals surface area contributed by atoms with Gasteiger partial charge in [-0.2, -0.15) is 5.10 Å². The van der Waals surface area contributed by atoms with Crippen molar-refractivity contribution in [1.29, 1.82) is 0 Å². The van der Waals surface area contributed by atoms with E-state index in [0.29, 0.717) is 5.88 Å². The average molecular weight is 229 g/mol. The first kappa shape index (κ1) is 12.6. The Morgan fingerprint density at radius 2 is 2.07 bits per heavy atom. The Morgan fingerprint density at radius 3 is 2.53 bits per heavy atom. The van der Waals surface area contributed by atoms with Crippen molar-refractivity contribution < 1.29 is 0 Å². The zero-order valence-corrected chi connectivity index (χ0v) is 10.9. The number of aryl methyl sites for hydroxylation is 2. The Balaban J connectivity index is 2.88. The number of halogens is 1. The van der Waals surface area contributed by atoms with E-state index in [0.717, 1.165) is 19.4 Å². The van der Waals surface area contributed by atoms with E-state index in [2.05, 4.69) is 43.5 Å². The summed E-state index contributed by atoms with van der Waals surface area (Å²) >= 11 is 5.95. The van der Waals surface area contributed by atoms with Crippen LogP contribution in [0.5, 0.6) is 0 Å². The molecule has 0 aliphatic heterocycles. The van der Waals surface area contributed by atoms with Gasteiger partial charge in [0.25, 0.3) is 0 Å². The van der Waals surface area contributed by atoms with Crippen LogP contribution in [-0.2, 0) is 19.4 Å². The van der Waals surface area contributed by atoms with Crippen molar-refractivity contribution in [1.82, 2.24) is 9.78 Å². The van der Waals surface area contributed by atoms with Gasteiger partial charge < -0.3 is 0 Å². The van der Waals surface area contributed by atoms with Gasteiger partial charge in [0.1, 0.15) is 0 Å². The maximum Gasteiger partial charge on any atom is 0.0624 e. The highest BCUT2D eigenvalue weighted by Gasteiger charge is 2.19. The average Bonchev–Trinajstić information content (AvgIpc) is 2.59. The largest absolute Gasteiger partial charge is 0.270 e. The van der Waals surface area contributed by atoms with Crippen LogP contribution in [0.3, 0.4) is 0 Å². The molecule has 1 rings (SSSR count). The third-order valence-corrected chi connectivity index (χ3v) is 3.32. The monoisotopic (exact) mass is 228 g/mol. The molecule has 86 valence electrons. The minimum atomic E-state index is 0.152. The highest BCUT2D eigenvalue weighted by molar-refractivity contribution is 6.18. The van der Waals surface area contributed by atoms with Gasteiger partial charge in [-0.3, -0.25) is 4.68 Å². The minimum Gasteiger partial charge on any atom is -0.270 e. The molecule has 0 saturated carbocycles. The van der Waals surface area contributed by atoms with E-state index in [1.807, 2.05) is 0 Å². The van der Waals surface area contributed by atoms with Crippen molar-refractivity contribution in [2.24, 2.45) is 5.41 Å². The number of nitrogens with zero attached hydrogens (tertiary/aromatic N) is 2. The standard InChI is InChI=1S/C12H21ClN2/c1-5-10-7-11(15(6-2)14-10)8-12(3,4)9-13/h7H,5-6,8-9H2,1-4H3. The molecular formula is C12H21ClN2. The summed E-state index contributed by atoms with van der Waals surface area (Å²) in [6.45, 7) is 9.59. The van der Waals surface area contributed by atoms with Crippen LogP contribution < -0.4 is 0 Å². The molecule has 0 aliphatic rings. The van der Waals surface area contributed by atoms with E-state index in [4.69, 9.17) is 11.6 Å². The van der Waals surface area contributed by atoms with Crippen LogP contribution in [0, 0.1) is 5.41 Å². The molecule has 0 saturated heterocycles. The molecular weight excluding hydrogens is 208 g/mol. The van der Waals surface area contributed by atoms with Gasteiger partial charge in [0.2, 0.25) is 0 Å². The van der Waals surface area contributed by atoms with Crippen molar-refractivity contribution >= 4 is 11.6 Å². The Hall–Kier alpha value is -0.500. The molecule has 0 aromatic carbocycles. The summed E-state index contributed by atoms with van der Waals surface area (Å²) < 4.78 is 2.09. The second-order valence-corrected chi connectivity index (χ2v) is 5.04. The fourth-order valence-electron chi connectivity index (χ4n) is 1.64. The third kappa shape index (κ3) is 3.23. The molecule has 15 heavy (non-hydrogen) atoms. The van der Waals surface area contributed by atoms with E-state index in [1.165, 1.54) is 11.4 Å². The van der Waals surface area contributed by atoms with Gasteiger partial charge in [-0.25, -0.2) is 0 Å². The van der Waals surface area contributed by atoms with Crippen LogP contribution in [-0.4, -0.2) is 15.7 Å². The van der Waals surface area contributed by atoms with Crippen LogP contribution in [0.15, 0.2) is 6.07 Å². The number of rotatable bonds is 5. The second-order valence-electron chi connectivity index (χ2n) is 4.77. The van der Waals surface area contributed by atoms with Gasteiger partial charge in [-0.05, 0) is 31.2 Å². The summed E-state index contributed by atoms with van der Waals surface area (Å²) in [6.07, 6.45) is 2.00. The maximum atomic E-state index is 5.95. The quantitative estimate of drug-likeness (QED) is 0.708. The van der Waals surface area contributed by atoms with Crippen LogP contribution in [0.4, 0.5) is 0 Å². The van der Waals surface area contributed by atoms with Crippen LogP contribution >= 0.6 is 11.6 Å².